The minimum Gasteiger partial charge on any atom is -0.212 e. The summed E-state index contributed by atoms with van der Waals surface area (Å²) in [6.07, 6.45) is 1.40. The van der Waals surface area contributed by atoms with E-state index in [1.165, 1.54) is 4.31 Å². The van der Waals surface area contributed by atoms with Crippen LogP contribution in [0.25, 0.3) is 0 Å². The van der Waals surface area contributed by atoms with Gasteiger partial charge in [-0.25, -0.2) is 12.7 Å². The summed E-state index contributed by atoms with van der Waals surface area (Å²) in [6, 6.07) is 0. The summed E-state index contributed by atoms with van der Waals surface area (Å²) in [6.45, 7) is 6.42. The second kappa shape index (κ2) is 6.71. The molecule has 92 valence electrons. The van der Waals surface area contributed by atoms with Gasteiger partial charge in [0.2, 0.25) is 10.0 Å². The maximum atomic E-state index is 11.7. The predicted molar refractivity (Wildman–Crippen MR) is 65.8 cm³/mol. The summed E-state index contributed by atoms with van der Waals surface area (Å²) in [7, 11) is -1.46. The maximum absolute atomic E-state index is 11.7. The van der Waals surface area contributed by atoms with Crippen molar-refractivity contribution in [2.24, 2.45) is 5.92 Å². The van der Waals surface area contributed by atoms with E-state index in [2.05, 4.69) is 0 Å². The fourth-order valence-electron chi connectivity index (χ4n) is 1.04. The highest BCUT2D eigenvalue weighted by atomic mass is 35.5. The summed E-state index contributed by atoms with van der Waals surface area (Å²) in [4.78, 5) is 0. The number of halogens is 1. The van der Waals surface area contributed by atoms with Gasteiger partial charge >= 0.3 is 0 Å². The third-order valence-corrected chi connectivity index (χ3v) is 4.37. The highest BCUT2D eigenvalue weighted by Crippen LogP contribution is 2.09. The zero-order chi connectivity index (χ0) is 12.1. The van der Waals surface area contributed by atoms with Crippen molar-refractivity contribution in [2.45, 2.75) is 39.0 Å². The molecule has 0 aliphatic heterocycles. The van der Waals surface area contributed by atoms with E-state index in [0.717, 1.165) is 0 Å². The number of alkyl halides is 1. The molecule has 3 nitrogen and oxygen atoms in total. The molecule has 1 atom stereocenters. The molecule has 0 N–H and O–H groups in total. The first-order chi connectivity index (χ1) is 6.75. The lowest BCUT2D eigenvalue weighted by atomic mass is 10.2. The second-order valence-corrected chi connectivity index (χ2v) is 7.33. The van der Waals surface area contributed by atoms with Crippen molar-refractivity contribution in [2.75, 3.05) is 19.3 Å². The lowest BCUT2D eigenvalue weighted by molar-refractivity contribution is 0.455. The first-order valence-electron chi connectivity index (χ1n) is 5.33. The SMILES string of the molecule is CC(C)CCS(=O)(=O)N(C)CCC(C)Cl. The summed E-state index contributed by atoms with van der Waals surface area (Å²) < 4.78 is 24.9. The van der Waals surface area contributed by atoms with Crippen molar-refractivity contribution in [1.82, 2.24) is 4.31 Å². The summed E-state index contributed by atoms with van der Waals surface area (Å²) >= 11 is 5.78. The van der Waals surface area contributed by atoms with Crippen LogP contribution in [0.2, 0.25) is 0 Å². The Labute approximate surface area is 98.8 Å². The number of sulfonamides is 1. The van der Waals surface area contributed by atoms with Crippen molar-refractivity contribution >= 4 is 21.6 Å². The Balaban J connectivity index is 4.09. The molecule has 0 aliphatic carbocycles. The molecule has 5 heteroatoms. The molecule has 0 saturated heterocycles. The van der Waals surface area contributed by atoms with Crippen molar-refractivity contribution in [3.8, 4) is 0 Å². The van der Waals surface area contributed by atoms with E-state index in [-0.39, 0.29) is 11.1 Å². The molecule has 0 heterocycles. The van der Waals surface area contributed by atoms with Gasteiger partial charge in [0.25, 0.3) is 0 Å². The molecule has 0 saturated carbocycles. The average molecular weight is 256 g/mol. The van der Waals surface area contributed by atoms with E-state index < -0.39 is 10.0 Å². The highest BCUT2D eigenvalue weighted by Gasteiger charge is 2.18. The molecule has 0 bridgehead atoms. The maximum Gasteiger partial charge on any atom is 0.213 e. The Kier molecular flexibility index (Phi) is 6.80. The Hall–Kier alpha value is 0.200. The van der Waals surface area contributed by atoms with Gasteiger partial charge in [-0.2, -0.15) is 0 Å². The highest BCUT2D eigenvalue weighted by molar-refractivity contribution is 7.89. The third kappa shape index (κ3) is 7.14. The van der Waals surface area contributed by atoms with Crippen LogP contribution in [-0.2, 0) is 10.0 Å². The Morgan fingerprint density at radius 3 is 2.13 bits per heavy atom. The Bertz CT molecular complexity index is 263. The number of nitrogens with zero attached hydrogens (tertiary/aromatic N) is 1. The number of rotatable bonds is 7. The molecule has 0 aromatic carbocycles. The molecule has 0 spiro atoms. The molecular weight excluding hydrogens is 234 g/mol. The van der Waals surface area contributed by atoms with Crippen LogP contribution in [0.4, 0.5) is 0 Å². The van der Waals surface area contributed by atoms with Gasteiger partial charge in [-0.05, 0) is 25.7 Å². The van der Waals surface area contributed by atoms with Crippen LogP contribution in [0.3, 0.4) is 0 Å². The Morgan fingerprint density at radius 2 is 1.73 bits per heavy atom. The van der Waals surface area contributed by atoms with Gasteiger partial charge < -0.3 is 0 Å². The molecule has 0 radical (unpaired) electrons. The van der Waals surface area contributed by atoms with Crippen LogP contribution in [-0.4, -0.2) is 37.4 Å². The van der Waals surface area contributed by atoms with Crippen molar-refractivity contribution in [3.05, 3.63) is 0 Å². The van der Waals surface area contributed by atoms with E-state index in [1.807, 2.05) is 20.8 Å². The second-order valence-electron chi connectivity index (χ2n) is 4.39. The molecule has 15 heavy (non-hydrogen) atoms. The molecule has 0 aromatic rings. The molecule has 1 unspecified atom stereocenters. The van der Waals surface area contributed by atoms with Crippen molar-refractivity contribution in [3.63, 3.8) is 0 Å². The van der Waals surface area contributed by atoms with E-state index >= 15 is 0 Å². The average Bonchev–Trinajstić information content (AvgIpc) is 2.11. The van der Waals surface area contributed by atoms with E-state index in [9.17, 15) is 8.42 Å². The number of hydrogen-bond acceptors (Lipinski definition) is 2. The Morgan fingerprint density at radius 1 is 1.20 bits per heavy atom. The minimum atomic E-state index is -3.08. The monoisotopic (exact) mass is 255 g/mol. The van der Waals surface area contributed by atoms with Crippen LogP contribution in [0.5, 0.6) is 0 Å². The third-order valence-electron chi connectivity index (χ3n) is 2.27. The zero-order valence-electron chi connectivity index (χ0n) is 10.0. The van der Waals surface area contributed by atoms with E-state index in [4.69, 9.17) is 11.6 Å². The van der Waals surface area contributed by atoms with Crippen LogP contribution in [0, 0.1) is 5.92 Å². The van der Waals surface area contributed by atoms with E-state index in [0.29, 0.717) is 25.3 Å². The lowest BCUT2D eigenvalue weighted by Crippen LogP contribution is -2.31. The van der Waals surface area contributed by atoms with Gasteiger partial charge in [0.05, 0.1) is 5.75 Å². The van der Waals surface area contributed by atoms with Crippen molar-refractivity contribution in [1.29, 1.82) is 0 Å². The van der Waals surface area contributed by atoms with Crippen LogP contribution >= 0.6 is 11.6 Å². The van der Waals surface area contributed by atoms with Crippen molar-refractivity contribution < 1.29 is 8.42 Å². The summed E-state index contributed by atoms with van der Waals surface area (Å²) in [5.74, 6) is 0.651. The predicted octanol–water partition coefficient (Wildman–Crippen LogP) is 2.31. The molecule has 0 rings (SSSR count). The smallest absolute Gasteiger partial charge is 0.212 e. The standard InChI is InChI=1S/C10H22ClNO2S/c1-9(2)6-8-15(13,14)12(4)7-5-10(3)11/h9-10H,5-8H2,1-4H3. The molecule has 0 aliphatic rings. The van der Waals surface area contributed by atoms with Gasteiger partial charge in [-0.1, -0.05) is 13.8 Å². The van der Waals surface area contributed by atoms with Crippen LogP contribution in [0.1, 0.15) is 33.6 Å². The van der Waals surface area contributed by atoms with Gasteiger partial charge in [0.15, 0.2) is 0 Å². The molecular formula is C10H22ClNO2S. The fourth-order valence-corrected chi connectivity index (χ4v) is 2.60. The van der Waals surface area contributed by atoms with Gasteiger partial charge in [-0.3, -0.25) is 0 Å². The van der Waals surface area contributed by atoms with E-state index in [1.54, 1.807) is 7.05 Å². The first kappa shape index (κ1) is 15.2. The zero-order valence-corrected chi connectivity index (χ0v) is 11.6. The minimum absolute atomic E-state index is 0.0211. The number of hydrogen-bond donors (Lipinski definition) is 0. The van der Waals surface area contributed by atoms with Gasteiger partial charge in [0.1, 0.15) is 0 Å². The molecule has 0 aromatic heterocycles. The largest absolute Gasteiger partial charge is 0.213 e. The molecule has 0 amide bonds. The fraction of sp³-hybridized carbons (Fsp3) is 1.00. The summed E-state index contributed by atoms with van der Waals surface area (Å²) in [5.41, 5.74) is 0. The lowest BCUT2D eigenvalue weighted by Gasteiger charge is -2.18. The normalized spacial score (nSPS) is 14.9. The van der Waals surface area contributed by atoms with Gasteiger partial charge in [0, 0.05) is 19.0 Å². The van der Waals surface area contributed by atoms with Crippen LogP contribution in [0.15, 0.2) is 0 Å². The molecule has 0 fully saturated rings. The topological polar surface area (TPSA) is 37.4 Å². The first-order valence-corrected chi connectivity index (χ1v) is 7.38. The van der Waals surface area contributed by atoms with Gasteiger partial charge in [-0.15, -0.1) is 11.6 Å². The van der Waals surface area contributed by atoms with Crippen LogP contribution < -0.4 is 0 Å². The quantitative estimate of drug-likeness (QED) is 0.655. The summed E-state index contributed by atoms with van der Waals surface area (Å²) in [5, 5.41) is 0.0211.